The number of anilines is 1. The summed E-state index contributed by atoms with van der Waals surface area (Å²) in [6.07, 6.45) is 1.50. The molecule has 1 aromatic rings. The molecule has 2 N–H and O–H groups in total. The van der Waals surface area contributed by atoms with E-state index in [0.717, 1.165) is 6.42 Å². The van der Waals surface area contributed by atoms with Gasteiger partial charge in [0.05, 0.1) is 16.6 Å². The number of nitriles is 1. The number of nitro benzene ring substituents is 1. The highest BCUT2D eigenvalue weighted by molar-refractivity contribution is 5.64. The molecule has 0 saturated carbocycles. The highest BCUT2D eigenvalue weighted by Crippen LogP contribution is 2.28. The Balaban J connectivity index is 2.85. The predicted octanol–water partition coefficient (Wildman–Crippen LogP) is 2.68. The normalized spacial score (nSPS) is 10.9. The number of nitrogens with one attached hydrogen (secondary N) is 1. The van der Waals surface area contributed by atoms with Crippen LogP contribution in [0.4, 0.5) is 11.4 Å². The van der Waals surface area contributed by atoms with Gasteiger partial charge in [-0.1, -0.05) is 13.8 Å². The Bertz CT molecular complexity index is 521. The van der Waals surface area contributed by atoms with E-state index in [-0.39, 0.29) is 17.7 Å². The number of rotatable bonds is 7. The molecular formula is C14H19N3O3. The Hall–Kier alpha value is -2.13. The first-order chi connectivity index (χ1) is 9.39. The molecule has 0 fully saturated rings. The molecule has 0 unspecified atom stereocenters. The van der Waals surface area contributed by atoms with Gasteiger partial charge in [0, 0.05) is 19.2 Å². The van der Waals surface area contributed by atoms with E-state index < -0.39 is 4.92 Å². The van der Waals surface area contributed by atoms with Crippen LogP contribution in [0, 0.1) is 26.9 Å². The van der Waals surface area contributed by atoms with Crippen molar-refractivity contribution in [1.29, 1.82) is 5.26 Å². The minimum atomic E-state index is -0.468. The molecule has 0 aliphatic carbocycles. The molecule has 0 aliphatic rings. The summed E-state index contributed by atoms with van der Waals surface area (Å²) in [6, 6.07) is 6.22. The summed E-state index contributed by atoms with van der Waals surface area (Å²) in [7, 11) is 0. The number of nitro groups is 1. The first-order valence-corrected chi connectivity index (χ1v) is 6.43. The van der Waals surface area contributed by atoms with Crippen molar-refractivity contribution < 1.29 is 10.0 Å². The number of aliphatic hydroxyl groups is 1. The molecule has 0 amide bonds. The van der Waals surface area contributed by atoms with Crippen LogP contribution < -0.4 is 5.32 Å². The van der Waals surface area contributed by atoms with Crippen LogP contribution >= 0.6 is 0 Å². The molecule has 0 atom stereocenters. The first-order valence-electron chi connectivity index (χ1n) is 6.43. The van der Waals surface area contributed by atoms with E-state index in [4.69, 9.17) is 10.4 Å². The lowest BCUT2D eigenvalue weighted by atomic mass is 9.88. The van der Waals surface area contributed by atoms with Gasteiger partial charge in [-0.15, -0.1) is 0 Å². The molecule has 0 saturated heterocycles. The second-order valence-corrected chi connectivity index (χ2v) is 5.45. The second kappa shape index (κ2) is 6.87. The summed E-state index contributed by atoms with van der Waals surface area (Å²) < 4.78 is 0. The monoisotopic (exact) mass is 277 g/mol. The van der Waals surface area contributed by atoms with Crippen LogP contribution in [0.15, 0.2) is 18.2 Å². The second-order valence-electron chi connectivity index (χ2n) is 5.45. The van der Waals surface area contributed by atoms with E-state index in [9.17, 15) is 10.1 Å². The van der Waals surface area contributed by atoms with Crippen molar-refractivity contribution in [2.75, 3.05) is 18.5 Å². The Kier molecular flexibility index (Phi) is 5.47. The lowest BCUT2D eigenvalue weighted by Gasteiger charge is -2.25. The molecule has 0 radical (unpaired) electrons. The largest absolute Gasteiger partial charge is 0.396 e. The SMILES string of the molecule is CC(C)(CCCO)CNc1cc(C#N)ccc1[N+](=O)[O-]. The molecule has 0 aliphatic heterocycles. The van der Waals surface area contributed by atoms with Crippen molar-refractivity contribution in [3.05, 3.63) is 33.9 Å². The fraction of sp³-hybridized carbons (Fsp3) is 0.500. The zero-order chi connectivity index (χ0) is 15.2. The zero-order valence-corrected chi connectivity index (χ0v) is 11.7. The van der Waals surface area contributed by atoms with Gasteiger partial charge in [-0.2, -0.15) is 5.26 Å². The number of benzene rings is 1. The molecule has 1 rings (SSSR count). The van der Waals surface area contributed by atoms with Gasteiger partial charge in [-0.25, -0.2) is 0 Å². The van der Waals surface area contributed by atoms with Gasteiger partial charge in [-0.3, -0.25) is 10.1 Å². The van der Waals surface area contributed by atoms with E-state index in [1.54, 1.807) is 0 Å². The molecule has 0 spiro atoms. The molecule has 20 heavy (non-hydrogen) atoms. The van der Waals surface area contributed by atoms with Crippen molar-refractivity contribution >= 4 is 11.4 Å². The molecule has 0 bridgehead atoms. The quantitative estimate of drug-likeness (QED) is 0.589. The summed E-state index contributed by atoms with van der Waals surface area (Å²) in [5.41, 5.74) is 0.596. The molecule has 0 aromatic heterocycles. The van der Waals surface area contributed by atoms with Crippen LogP contribution in [0.3, 0.4) is 0 Å². The fourth-order valence-electron chi connectivity index (χ4n) is 1.89. The summed E-state index contributed by atoms with van der Waals surface area (Å²) in [5.74, 6) is 0. The zero-order valence-electron chi connectivity index (χ0n) is 11.7. The van der Waals surface area contributed by atoms with Gasteiger partial charge >= 0.3 is 0 Å². The van der Waals surface area contributed by atoms with E-state index in [1.807, 2.05) is 19.9 Å². The number of hydrogen-bond acceptors (Lipinski definition) is 5. The van der Waals surface area contributed by atoms with Gasteiger partial charge in [0.25, 0.3) is 5.69 Å². The van der Waals surface area contributed by atoms with Gasteiger partial charge in [0.1, 0.15) is 5.69 Å². The Morgan fingerprint density at radius 2 is 2.20 bits per heavy atom. The predicted molar refractivity (Wildman–Crippen MR) is 76.4 cm³/mol. The van der Waals surface area contributed by atoms with Crippen LogP contribution in [0.2, 0.25) is 0 Å². The molecule has 1 aromatic carbocycles. The molecular weight excluding hydrogens is 258 g/mol. The van der Waals surface area contributed by atoms with Crippen LogP contribution in [0.25, 0.3) is 0 Å². The summed E-state index contributed by atoms with van der Waals surface area (Å²) in [5, 5.41) is 31.7. The lowest BCUT2D eigenvalue weighted by molar-refractivity contribution is -0.384. The molecule has 6 heteroatoms. The Labute approximate surface area is 118 Å². The van der Waals surface area contributed by atoms with E-state index >= 15 is 0 Å². The molecule has 0 heterocycles. The van der Waals surface area contributed by atoms with Crippen LogP contribution in [0.1, 0.15) is 32.3 Å². The summed E-state index contributed by atoms with van der Waals surface area (Å²) in [6.45, 7) is 4.71. The van der Waals surface area contributed by atoms with Crippen LogP contribution in [-0.2, 0) is 0 Å². The highest BCUT2D eigenvalue weighted by atomic mass is 16.6. The average Bonchev–Trinajstić information content (AvgIpc) is 2.42. The van der Waals surface area contributed by atoms with E-state index in [2.05, 4.69) is 5.32 Å². The van der Waals surface area contributed by atoms with Crippen molar-refractivity contribution in [3.8, 4) is 6.07 Å². The van der Waals surface area contributed by atoms with Crippen molar-refractivity contribution in [3.63, 3.8) is 0 Å². The maximum atomic E-state index is 11.0. The van der Waals surface area contributed by atoms with Gasteiger partial charge in [0.15, 0.2) is 0 Å². The standard InChI is InChI=1S/C14H19N3O3/c1-14(2,6-3-7-18)10-16-12-8-11(9-15)4-5-13(12)17(19)20/h4-5,8,16,18H,3,6-7,10H2,1-2H3. The van der Waals surface area contributed by atoms with Gasteiger partial charge in [-0.05, 0) is 30.4 Å². The smallest absolute Gasteiger partial charge is 0.292 e. The maximum Gasteiger partial charge on any atom is 0.292 e. The maximum absolute atomic E-state index is 11.0. The number of nitrogens with zero attached hydrogens (tertiary/aromatic N) is 2. The van der Waals surface area contributed by atoms with Crippen molar-refractivity contribution in [2.24, 2.45) is 5.41 Å². The highest BCUT2D eigenvalue weighted by Gasteiger charge is 2.20. The number of hydrogen-bond donors (Lipinski definition) is 2. The van der Waals surface area contributed by atoms with Crippen LogP contribution in [0.5, 0.6) is 0 Å². The summed E-state index contributed by atoms with van der Waals surface area (Å²) in [4.78, 5) is 10.5. The minimum Gasteiger partial charge on any atom is -0.396 e. The lowest BCUT2D eigenvalue weighted by Crippen LogP contribution is -2.23. The van der Waals surface area contributed by atoms with Crippen LogP contribution in [-0.4, -0.2) is 23.2 Å². The topological polar surface area (TPSA) is 99.2 Å². The average molecular weight is 277 g/mol. The van der Waals surface area contributed by atoms with E-state index in [0.29, 0.717) is 24.2 Å². The third kappa shape index (κ3) is 4.52. The Morgan fingerprint density at radius 1 is 1.50 bits per heavy atom. The first kappa shape index (κ1) is 15.9. The summed E-state index contributed by atoms with van der Waals surface area (Å²) >= 11 is 0. The van der Waals surface area contributed by atoms with Crippen molar-refractivity contribution in [1.82, 2.24) is 0 Å². The third-order valence-corrected chi connectivity index (χ3v) is 3.09. The van der Waals surface area contributed by atoms with Gasteiger partial charge in [0.2, 0.25) is 0 Å². The van der Waals surface area contributed by atoms with E-state index in [1.165, 1.54) is 18.2 Å². The van der Waals surface area contributed by atoms with Gasteiger partial charge < -0.3 is 10.4 Å². The minimum absolute atomic E-state index is 0.0399. The third-order valence-electron chi connectivity index (χ3n) is 3.09. The number of aliphatic hydroxyl groups excluding tert-OH is 1. The van der Waals surface area contributed by atoms with Crippen molar-refractivity contribution in [2.45, 2.75) is 26.7 Å². The fourth-order valence-corrected chi connectivity index (χ4v) is 1.89. The molecule has 108 valence electrons. The Morgan fingerprint density at radius 3 is 2.75 bits per heavy atom. The molecule has 6 nitrogen and oxygen atoms in total.